The third-order valence-electron chi connectivity index (χ3n) is 4.25. The smallest absolute Gasteiger partial charge is 0.238 e. The van der Waals surface area contributed by atoms with E-state index in [0.29, 0.717) is 18.4 Å². The number of carbonyl (C=O) groups excluding carboxylic acids is 1. The van der Waals surface area contributed by atoms with Crippen LogP contribution in [-0.2, 0) is 14.8 Å². The van der Waals surface area contributed by atoms with Crippen LogP contribution >= 0.6 is 15.9 Å². The van der Waals surface area contributed by atoms with Crippen LogP contribution in [0.1, 0.15) is 35.2 Å². The summed E-state index contributed by atoms with van der Waals surface area (Å²) >= 11 is 3.43. The van der Waals surface area contributed by atoms with Gasteiger partial charge in [0.2, 0.25) is 10.0 Å². The first-order chi connectivity index (χ1) is 12.8. The number of carbonyl (C=O) groups is 1. The number of halogens is 1. The number of hydrogen-bond acceptors (Lipinski definition) is 4. The molecule has 2 N–H and O–H groups in total. The van der Waals surface area contributed by atoms with Crippen molar-refractivity contribution in [1.29, 1.82) is 0 Å². The molecular weight excluding hydrogens is 430 g/mol. The fraction of sp³-hybridized carbons (Fsp3) is 0.150. The van der Waals surface area contributed by atoms with Gasteiger partial charge < -0.3 is 4.74 Å². The second-order valence-corrected chi connectivity index (χ2v) is 8.57. The number of primary sulfonamides is 1. The lowest BCUT2D eigenvalue weighted by molar-refractivity contribution is 0.0984. The average Bonchev–Trinajstić information content (AvgIpc) is 3.17. The molecule has 0 amide bonds. The van der Waals surface area contributed by atoms with Crippen LogP contribution in [-0.4, -0.2) is 14.2 Å². The molecule has 0 atom stereocenters. The first kappa shape index (κ1) is 19.5. The standard InChI is InChI=1S/C20H18BrNO4S/c21-16-7-3-14(4-8-16)18(20-2-1-13-26-20)11-12-19(23)15-5-9-17(10-6-15)27(22,24)25/h1,3-10,13H,2,11-12H2,(H2,22,24,25). The number of benzene rings is 2. The van der Waals surface area contributed by atoms with Crippen molar-refractivity contribution in [3.63, 3.8) is 0 Å². The van der Waals surface area contributed by atoms with Crippen molar-refractivity contribution < 1.29 is 17.9 Å². The Labute approximate surface area is 166 Å². The zero-order valence-electron chi connectivity index (χ0n) is 14.4. The summed E-state index contributed by atoms with van der Waals surface area (Å²) in [6.45, 7) is 0. The largest absolute Gasteiger partial charge is 0.469 e. The molecule has 1 heterocycles. The predicted molar refractivity (Wildman–Crippen MR) is 107 cm³/mol. The van der Waals surface area contributed by atoms with Crippen LogP contribution in [0.15, 0.2) is 76.0 Å². The first-order valence-corrected chi connectivity index (χ1v) is 10.6. The normalized spacial score (nSPS) is 15.5. The molecule has 0 saturated carbocycles. The van der Waals surface area contributed by atoms with Gasteiger partial charge in [0.25, 0.3) is 0 Å². The van der Waals surface area contributed by atoms with E-state index in [4.69, 9.17) is 9.88 Å². The second kappa shape index (κ2) is 8.21. The van der Waals surface area contributed by atoms with E-state index in [1.165, 1.54) is 24.3 Å². The monoisotopic (exact) mass is 447 g/mol. The van der Waals surface area contributed by atoms with Crippen molar-refractivity contribution in [3.05, 3.63) is 82.2 Å². The molecule has 27 heavy (non-hydrogen) atoms. The van der Waals surface area contributed by atoms with E-state index in [0.717, 1.165) is 21.4 Å². The Morgan fingerprint density at radius 1 is 1.00 bits per heavy atom. The Balaban J connectivity index is 1.76. The Morgan fingerprint density at radius 2 is 1.63 bits per heavy atom. The van der Waals surface area contributed by atoms with E-state index >= 15 is 0 Å². The summed E-state index contributed by atoms with van der Waals surface area (Å²) in [5.74, 6) is 0.770. The molecule has 2 aromatic rings. The molecule has 0 spiro atoms. The van der Waals surface area contributed by atoms with Gasteiger partial charge in [0.05, 0.1) is 11.2 Å². The Morgan fingerprint density at radius 3 is 2.19 bits per heavy atom. The van der Waals surface area contributed by atoms with Crippen LogP contribution in [0.25, 0.3) is 5.57 Å². The molecule has 0 bridgehead atoms. The summed E-state index contributed by atoms with van der Waals surface area (Å²) in [5.41, 5.74) is 2.45. The van der Waals surface area contributed by atoms with Gasteiger partial charge in [-0.3, -0.25) is 4.79 Å². The van der Waals surface area contributed by atoms with Crippen molar-refractivity contribution in [2.24, 2.45) is 5.14 Å². The number of Topliss-reactive ketones (excluding diaryl/α,β-unsaturated/α-hetero) is 1. The number of allylic oxidation sites excluding steroid dienone is 2. The molecule has 0 aliphatic carbocycles. The molecule has 0 saturated heterocycles. The Bertz CT molecular complexity index is 997. The fourth-order valence-corrected chi connectivity index (χ4v) is 3.62. The first-order valence-electron chi connectivity index (χ1n) is 8.30. The second-order valence-electron chi connectivity index (χ2n) is 6.09. The summed E-state index contributed by atoms with van der Waals surface area (Å²) in [5, 5.41) is 5.08. The lowest BCUT2D eigenvalue weighted by Gasteiger charge is -2.12. The van der Waals surface area contributed by atoms with Crippen LogP contribution < -0.4 is 5.14 Å². The third kappa shape index (κ3) is 4.94. The number of sulfonamides is 1. The SMILES string of the molecule is NS(=O)(=O)c1ccc(C(=O)CCC(=C2CC=CO2)c2ccc(Br)cc2)cc1. The highest BCUT2D eigenvalue weighted by molar-refractivity contribution is 9.10. The van der Waals surface area contributed by atoms with Gasteiger partial charge in [0, 0.05) is 22.9 Å². The van der Waals surface area contributed by atoms with Gasteiger partial charge in [-0.2, -0.15) is 0 Å². The molecule has 140 valence electrons. The van der Waals surface area contributed by atoms with Gasteiger partial charge in [0.15, 0.2) is 5.78 Å². The maximum Gasteiger partial charge on any atom is 0.238 e. The highest BCUT2D eigenvalue weighted by Gasteiger charge is 2.16. The molecule has 1 aliphatic heterocycles. The van der Waals surface area contributed by atoms with Gasteiger partial charge in [-0.25, -0.2) is 13.6 Å². The van der Waals surface area contributed by atoms with Gasteiger partial charge in [-0.05, 0) is 47.9 Å². The van der Waals surface area contributed by atoms with Gasteiger partial charge in [-0.1, -0.05) is 40.2 Å². The van der Waals surface area contributed by atoms with Crippen LogP contribution in [0, 0.1) is 0 Å². The summed E-state index contributed by atoms with van der Waals surface area (Å²) in [6.07, 6.45) is 5.09. The molecule has 7 heteroatoms. The van der Waals surface area contributed by atoms with Gasteiger partial charge in [-0.15, -0.1) is 0 Å². The fourth-order valence-electron chi connectivity index (χ4n) is 2.84. The van der Waals surface area contributed by atoms with Crippen LogP contribution in [0.4, 0.5) is 0 Å². The Hall–Kier alpha value is -2.22. The average molecular weight is 448 g/mol. The van der Waals surface area contributed by atoms with Gasteiger partial charge >= 0.3 is 0 Å². The molecule has 2 aromatic carbocycles. The number of nitrogens with two attached hydrogens (primary N) is 1. The molecular formula is C20H18BrNO4S. The minimum atomic E-state index is -3.77. The van der Waals surface area contributed by atoms with Gasteiger partial charge in [0.1, 0.15) is 5.76 Å². The maximum absolute atomic E-state index is 12.5. The van der Waals surface area contributed by atoms with Crippen LogP contribution in [0.3, 0.4) is 0 Å². The third-order valence-corrected chi connectivity index (χ3v) is 5.70. The molecule has 0 radical (unpaired) electrons. The topological polar surface area (TPSA) is 86.5 Å². The molecule has 0 unspecified atom stereocenters. The number of hydrogen-bond donors (Lipinski definition) is 1. The van der Waals surface area contributed by atoms with E-state index in [1.807, 2.05) is 30.3 Å². The van der Waals surface area contributed by atoms with Crippen molar-refractivity contribution in [1.82, 2.24) is 0 Å². The summed E-state index contributed by atoms with van der Waals surface area (Å²) < 4.78 is 29.2. The summed E-state index contributed by atoms with van der Waals surface area (Å²) in [6, 6.07) is 13.5. The van der Waals surface area contributed by atoms with Crippen molar-refractivity contribution in [3.8, 4) is 0 Å². The highest BCUT2D eigenvalue weighted by atomic mass is 79.9. The lowest BCUT2D eigenvalue weighted by Crippen LogP contribution is -2.12. The number of rotatable bonds is 6. The summed E-state index contributed by atoms with van der Waals surface area (Å²) in [4.78, 5) is 12.5. The van der Waals surface area contributed by atoms with E-state index in [9.17, 15) is 13.2 Å². The lowest BCUT2D eigenvalue weighted by atomic mass is 9.96. The molecule has 0 aromatic heterocycles. The van der Waals surface area contributed by atoms with Crippen molar-refractivity contribution >= 4 is 37.3 Å². The molecule has 0 fully saturated rings. The number of ether oxygens (including phenoxy) is 1. The van der Waals surface area contributed by atoms with E-state index in [-0.39, 0.29) is 17.1 Å². The highest BCUT2D eigenvalue weighted by Crippen LogP contribution is 2.31. The van der Waals surface area contributed by atoms with Crippen LogP contribution in [0.5, 0.6) is 0 Å². The quantitative estimate of drug-likeness (QED) is 0.664. The van der Waals surface area contributed by atoms with E-state index < -0.39 is 10.0 Å². The summed E-state index contributed by atoms with van der Waals surface area (Å²) in [7, 11) is -3.77. The van der Waals surface area contributed by atoms with Crippen molar-refractivity contribution in [2.45, 2.75) is 24.2 Å². The zero-order valence-corrected chi connectivity index (χ0v) is 16.8. The molecule has 3 rings (SSSR count). The maximum atomic E-state index is 12.5. The Kier molecular flexibility index (Phi) is 5.94. The van der Waals surface area contributed by atoms with Crippen LogP contribution in [0.2, 0.25) is 0 Å². The number of ketones is 1. The minimum Gasteiger partial charge on any atom is -0.469 e. The predicted octanol–water partition coefficient (Wildman–Crippen LogP) is 4.40. The van der Waals surface area contributed by atoms with E-state index in [1.54, 1.807) is 6.26 Å². The molecule has 5 nitrogen and oxygen atoms in total. The van der Waals surface area contributed by atoms with Crippen molar-refractivity contribution in [2.75, 3.05) is 0 Å². The van der Waals surface area contributed by atoms with E-state index in [2.05, 4.69) is 15.9 Å². The minimum absolute atomic E-state index is 0.0119. The zero-order chi connectivity index (χ0) is 19.4. The molecule has 1 aliphatic rings.